The van der Waals surface area contributed by atoms with Crippen LogP contribution in [0.3, 0.4) is 0 Å². The number of rotatable bonds is 3. The molecule has 0 heterocycles. The minimum atomic E-state index is -0.873. The Hall–Kier alpha value is -1.05. The Morgan fingerprint density at radius 3 is 2.29 bits per heavy atom. The summed E-state index contributed by atoms with van der Waals surface area (Å²) in [5.74, 6) is 0. The van der Waals surface area contributed by atoms with Gasteiger partial charge in [0, 0.05) is 10.2 Å². The van der Waals surface area contributed by atoms with Gasteiger partial charge in [0.05, 0.1) is 22.8 Å². The van der Waals surface area contributed by atoms with Crippen molar-refractivity contribution in [2.45, 2.75) is 38.8 Å². The minimum Gasteiger partial charge on any atom is -0.388 e. The fourth-order valence-corrected chi connectivity index (χ4v) is 1.73. The van der Waals surface area contributed by atoms with Crippen LogP contribution in [0, 0.1) is 11.3 Å². The van der Waals surface area contributed by atoms with Crippen LogP contribution in [0.4, 0.5) is 5.69 Å². The van der Waals surface area contributed by atoms with Gasteiger partial charge in [-0.2, -0.15) is 5.26 Å². The number of anilines is 1. The van der Waals surface area contributed by atoms with Gasteiger partial charge in [0.2, 0.25) is 0 Å². The van der Waals surface area contributed by atoms with Gasteiger partial charge in [-0.3, -0.25) is 0 Å². The Morgan fingerprint density at radius 1 is 1.24 bits per heavy atom. The van der Waals surface area contributed by atoms with Crippen molar-refractivity contribution >= 4 is 21.6 Å². The van der Waals surface area contributed by atoms with Gasteiger partial charge in [0.15, 0.2) is 0 Å². The number of halogens is 1. The molecular weight excluding hydrogens is 280 g/mol. The molecule has 1 aromatic rings. The average molecular weight is 297 g/mol. The molecule has 92 valence electrons. The van der Waals surface area contributed by atoms with E-state index in [1.54, 1.807) is 26.0 Å². The van der Waals surface area contributed by atoms with Gasteiger partial charge in [-0.15, -0.1) is 0 Å². The van der Waals surface area contributed by atoms with Crippen LogP contribution in [0.25, 0.3) is 0 Å². The van der Waals surface area contributed by atoms with Gasteiger partial charge in [-0.25, -0.2) is 0 Å². The second-order valence-corrected chi connectivity index (χ2v) is 6.07. The zero-order chi connectivity index (χ0) is 13.3. The largest absolute Gasteiger partial charge is 0.388 e. The Bertz CT molecular complexity index is 455. The van der Waals surface area contributed by atoms with E-state index in [4.69, 9.17) is 5.26 Å². The maximum Gasteiger partial charge on any atom is 0.0992 e. The Balaban J connectivity index is 3.04. The van der Waals surface area contributed by atoms with Crippen LogP contribution in [0.2, 0.25) is 0 Å². The van der Waals surface area contributed by atoms with Crippen LogP contribution in [0.5, 0.6) is 0 Å². The number of hydrogen-bond acceptors (Lipinski definition) is 3. The fraction of sp³-hybridized carbons (Fsp3) is 0.462. The summed E-state index contributed by atoms with van der Waals surface area (Å²) in [5.41, 5.74) is 0.0132. The summed E-state index contributed by atoms with van der Waals surface area (Å²) in [6.07, 6.45) is 0. The van der Waals surface area contributed by atoms with Gasteiger partial charge >= 0.3 is 0 Å². The highest BCUT2D eigenvalue weighted by Gasteiger charge is 2.34. The van der Waals surface area contributed by atoms with E-state index < -0.39 is 11.1 Å². The lowest BCUT2D eigenvalue weighted by atomic mass is 9.85. The molecule has 4 heteroatoms. The highest BCUT2D eigenvalue weighted by molar-refractivity contribution is 9.10. The highest BCUT2D eigenvalue weighted by Crippen LogP contribution is 2.28. The number of nitriles is 1. The summed E-state index contributed by atoms with van der Waals surface area (Å²) in [5, 5.41) is 22.2. The molecule has 0 aliphatic carbocycles. The van der Waals surface area contributed by atoms with Crippen molar-refractivity contribution < 1.29 is 5.11 Å². The molecule has 2 N–H and O–H groups in total. The molecule has 0 saturated heterocycles. The van der Waals surface area contributed by atoms with E-state index in [1.807, 2.05) is 19.9 Å². The lowest BCUT2D eigenvalue weighted by molar-refractivity contribution is 0.0240. The number of nitrogens with one attached hydrogen (secondary N) is 1. The van der Waals surface area contributed by atoms with Gasteiger partial charge < -0.3 is 10.4 Å². The molecule has 0 atom stereocenters. The van der Waals surface area contributed by atoms with Gasteiger partial charge in [-0.05, 0) is 45.9 Å². The van der Waals surface area contributed by atoms with Crippen LogP contribution in [-0.4, -0.2) is 16.2 Å². The maximum absolute atomic E-state index is 10.1. The van der Waals surface area contributed by atoms with Crippen molar-refractivity contribution in [3.8, 4) is 6.07 Å². The summed E-state index contributed by atoms with van der Waals surface area (Å²) in [6, 6.07) is 7.50. The second kappa shape index (κ2) is 4.67. The molecule has 1 rings (SSSR count). The van der Waals surface area contributed by atoms with E-state index in [0.717, 1.165) is 10.2 Å². The van der Waals surface area contributed by atoms with Gasteiger partial charge in [-0.1, -0.05) is 15.9 Å². The lowest BCUT2D eigenvalue weighted by Gasteiger charge is -2.39. The molecule has 0 unspecified atom stereocenters. The van der Waals surface area contributed by atoms with Crippen molar-refractivity contribution in [2.75, 3.05) is 5.32 Å². The average Bonchev–Trinajstić information content (AvgIpc) is 2.14. The summed E-state index contributed by atoms with van der Waals surface area (Å²) in [4.78, 5) is 0. The van der Waals surface area contributed by atoms with E-state index in [2.05, 4.69) is 27.3 Å². The van der Waals surface area contributed by atoms with E-state index in [-0.39, 0.29) is 0 Å². The summed E-state index contributed by atoms with van der Waals surface area (Å²) in [7, 11) is 0. The van der Waals surface area contributed by atoms with Gasteiger partial charge in [0.25, 0.3) is 0 Å². The molecule has 1 aromatic carbocycles. The quantitative estimate of drug-likeness (QED) is 0.900. The van der Waals surface area contributed by atoms with Crippen LogP contribution in [0.15, 0.2) is 22.7 Å². The van der Waals surface area contributed by atoms with Crippen molar-refractivity contribution in [1.29, 1.82) is 5.26 Å². The molecule has 0 saturated carbocycles. The molecule has 0 amide bonds. The predicted octanol–water partition coefficient (Wildman–Crippen LogP) is 3.28. The summed E-state index contributed by atoms with van der Waals surface area (Å²) >= 11 is 3.36. The van der Waals surface area contributed by atoms with Crippen LogP contribution >= 0.6 is 15.9 Å². The smallest absolute Gasteiger partial charge is 0.0992 e. The topological polar surface area (TPSA) is 56.0 Å². The van der Waals surface area contributed by atoms with Crippen LogP contribution in [0.1, 0.15) is 33.3 Å². The monoisotopic (exact) mass is 296 g/mol. The predicted molar refractivity (Wildman–Crippen MR) is 72.9 cm³/mol. The van der Waals surface area contributed by atoms with Crippen molar-refractivity contribution in [2.24, 2.45) is 0 Å². The van der Waals surface area contributed by atoms with Gasteiger partial charge in [0.1, 0.15) is 0 Å². The molecule has 0 aromatic heterocycles. The summed E-state index contributed by atoms with van der Waals surface area (Å²) < 4.78 is 0.839. The highest BCUT2D eigenvalue weighted by atomic mass is 79.9. The number of nitrogens with zero attached hydrogens (tertiary/aromatic N) is 1. The molecule has 17 heavy (non-hydrogen) atoms. The number of hydrogen-bond donors (Lipinski definition) is 2. The van der Waals surface area contributed by atoms with E-state index in [1.165, 1.54) is 0 Å². The third-order valence-corrected chi connectivity index (χ3v) is 3.47. The molecule has 0 spiro atoms. The number of benzene rings is 1. The molecule has 0 aliphatic heterocycles. The molecule has 0 bridgehead atoms. The van der Waals surface area contributed by atoms with E-state index in [9.17, 15) is 5.11 Å². The molecule has 3 nitrogen and oxygen atoms in total. The first kappa shape index (κ1) is 14.0. The fourth-order valence-electron chi connectivity index (χ4n) is 1.24. The van der Waals surface area contributed by atoms with E-state index in [0.29, 0.717) is 5.56 Å². The second-order valence-electron chi connectivity index (χ2n) is 5.15. The van der Waals surface area contributed by atoms with E-state index >= 15 is 0 Å². The first-order valence-corrected chi connectivity index (χ1v) is 6.16. The Labute approximate surface area is 111 Å². The normalized spacial score (nSPS) is 12.1. The van der Waals surface area contributed by atoms with Crippen molar-refractivity contribution in [3.05, 3.63) is 28.2 Å². The molecule has 0 radical (unpaired) electrons. The third-order valence-electron chi connectivity index (χ3n) is 3.01. The third kappa shape index (κ3) is 3.45. The van der Waals surface area contributed by atoms with Crippen LogP contribution in [-0.2, 0) is 0 Å². The first-order chi connectivity index (χ1) is 7.65. The SMILES string of the molecule is CC(C)(O)C(C)(C)Nc1cc(Br)cc(C#N)c1. The standard InChI is InChI=1S/C13H17BrN2O/c1-12(2,13(3,4)17)16-11-6-9(8-15)5-10(14)7-11/h5-7,16-17H,1-4H3. The number of aliphatic hydroxyl groups is 1. The maximum atomic E-state index is 10.1. The first-order valence-electron chi connectivity index (χ1n) is 5.37. The minimum absolute atomic E-state index is 0.499. The van der Waals surface area contributed by atoms with Crippen LogP contribution < -0.4 is 5.32 Å². The summed E-state index contributed by atoms with van der Waals surface area (Å²) in [6.45, 7) is 7.34. The Kier molecular flexibility index (Phi) is 3.85. The van der Waals surface area contributed by atoms with Crippen molar-refractivity contribution in [1.82, 2.24) is 0 Å². The lowest BCUT2D eigenvalue weighted by Crippen LogP contribution is -2.51. The molecule has 0 aliphatic rings. The van der Waals surface area contributed by atoms with Crippen molar-refractivity contribution in [3.63, 3.8) is 0 Å². The molecular formula is C13H17BrN2O. The Morgan fingerprint density at radius 2 is 1.82 bits per heavy atom. The molecule has 0 fully saturated rings. The zero-order valence-electron chi connectivity index (χ0n) is 10.5. The zero-order valence-corrected chi connectivity index (χ0v) is 12.1.